The highest BCUT2D eigenvalue weighted by atomic mass is 35.5. The lowest BCUT2D eigenvalue weighted by atomic mass is 10.6. The molecule has 0 aliphatic heterocycles. The summed E-state index contributed by atoms with van der Waals surface area (Å²) in [6.45, 7) is 0. The number of rotatable bonds is 2. The van der Waals surface area contributed by atoms with Crippen LogP contribution in [-0.4, -0.2) is 18.2 Å². The maximum atomic E-state index is 9.81. The summed E-state index contributed by atoms with van der Waals surface area (Å²) < 4.78 is 4.29. The van der Waals surface area contributed by atoms with Crippen LogP contribution in [0.2, 0.25) is 0 Å². The molecule has 0 aromatic carbocycles. The van der Waals surface area contributed by atoms with E-state index >= 15 is 0 Å². The molecule has 1 N–H and O–H groups in total. The van der Waals surface area contributed by atoms with Crippen molar-refractivity contribution < 1.29 is 14.6 Å². The normalized spacial score (nSPS) is 11.0. The van der Waals surface area contributed by atoms with Gasteiger partial charge in [-0.05, 0) is 0 Å². The van der Waals surface area contributed by atoms with Crippen LogP contribution in [-0.2, 0) is 9.53 Å². The number of aliphatic carboxylic acids is 1. The fraction of sp³-hybridized carbons (Fsp3) is 0.250. The summed E-state index contributed by atoms with van der Waals surface area (Å²) in [6, 6.07) is 0. The summed E-state index contributed by atoms with van der Waals surface area (Å²) in [4.78, 5) is 9.81. The van der Waals surface area contributed by atoms with Gasteiger partial charge >= 0.3 is 5.97 Å². The van der Waals surface area contributed by atoms with Crippen LogP contribution >= 0.6 is 11.6 Å². The predicted molar refractivity (Wildman–Crippen MR) is 28.6 cm³/mol. The van der Waals surface area contributed by atoms with Gasteiger partial charge < -0.3 is 9.84 Å². The Morgan fingerprint density at radius 3 is 2.50 bits per heavy atom. The highest BCUT2D eigenvalue weighted by Gasteiger charge is 2.00. The van der Waals surface area contributed by atoms with E-state index in [2.05, 4.69) is 4.74 Å². The summed E-state index contributed by atoms with van der Waals surface area (Å²) in [7, 11) is 1.32. The molecule has 0 fully saturated rings. The zero-order valence-electron chi connectivity index (χ0n) is 4.22. The fourth-order valence-electron chi connectivity index (χ4n) is 0.154. The summed E-state index contributed by atoms with van der Waals surface area (Å²) in [6.07, 6.45) is 0.948. The third-order valence-corrected chi connectivity index (χ3v) is 0.676. The van der Waals surface area contributed by atoms with Gasteiger partial charge in [0, 0.05) is 0 Å². The van der Waals surface area contributed by atoms with Gasteiger partial charge in [0.1, 0.15) is 6.26 Å². The molecule has 3 nitrogen and oxygen atoms in total. The number of carbonyl (C=O) groups is 1. The lowest BCUT2D eigenvalue weighted by Gasteiger charge is -1.87. The first-order chi connectivity index (χ1) is 3.68. The lowest BCUT2D eigenvalue weighted by molar-refractivity contribution is -0.132. The van der Waals surface area contributed by atoms with Crippen molar-refractivity contribution in [1.82, 2.24) is 0 Å². The molecule has 0 saturated heterocycles. The van der Waals surface area contributed by atoms with Gasteiger partial charge in [0.15, 0.2) is 5.03 Å². The average Bonchev–Trinajstić information content (AvgIpc) is 1.67. The van der Waals surface area contributed by atoms with E-state index in [-0.39, 0.29) is 5.03 Å². The van der Waals surface area contributed by atoms with Gasteiger partial charge in [-0.3, -0.25) is 0 Å². The molecule has 0 heterocycles. The molecule has 0 aliphatic rings. The summed E-state index contributed by atoms with van der Waals surface area (Å²) >= 11 is 5.05. The molecule has 4 heteroatoms. The van der Waals surface area contributed by atoms with E-state index in [0.717, 1.165) is 6.26 Å². The van der Waals surface area contributed by atoms with Crippen molar-refractivity contribution in [3.8, 4) is 0 Å². The van der Waals surface area contributed by atoms with Crippen LogP contribution in [0.4, 0.5) is 0 Å². The Hall–Kier alpha value is -0.700. The number of ether oxygens (including phenoxy) is 1. The molecule has 0 rings (SSSR count). The molecule has 0 aliphatic carbocycles. The zero-order valence-corrected chi connectivity index (χ0v) is 4.97. The first-order valence-electron chi connectivity index (χ1n) is 1.80. The van der Waals surface area contributed by atoms with Crippen molar-refractivity contribution in [2.45, 2.75) is 0 Å². The van der Waals surface area contributed by atoms with Crippen LogP contribution in [0.15, 0.2) is 11.3 Å². The molecule has 46 valence electrons. The number of halogens is 1. The predicted octanol–water partition coefficient (Wildman–Crippen LogP) is 0.798. The van der Waals surface area contributed by atoms with Crippen molar-refractivity contribution in [2.24, 2.45) is 0 Å². The summed E-state index contributed by atoms with van der Waals surface area (Å²) in [5.41, 5.74) is 0. The third-order valence-electron chi connectivity index (χ3n) is 0.426. The number of carboxylic acid groups (broad SMARTS) is 1. The topological polar surface area (TPSA) is 46.5 Å². The number of methoxy groups -OCH3 is 1. The standard InChI is InChI=1S/C4H5ClO3/c1-8-2-3(5)4(6)7/h2H,1H3,(H,6,7)/b3-2+. The first-order valence-corrected chi connectivity index (χ1v) is 2.18. The molecule has 0 spiro atoms. The van der Waals surface area contributed by atoms with E-state index in [1.807, 2.05) is 0 Å². The van der Waals surface area contributed by atoms with Gasteiger partial charge in [-0.15, -0.1) is 0 Å². The molecular formula is C4H5ClO3. The smallest absolute Gasteiger partial charge is 0.350 e. The monoisotopic (exact) mass is 136 g/mol. The van der Waals surface area contributed by atoms with Crippen LogP contribution in [0.3, 0.4) is 0 Å². The van der Waals surface area contributed by atoms with E-state index in [9.17, 15) is 4.79 Å². The molecule has 0 amide bonds. The molecule has 0 bridgehead atoms. The maximum Gasteiger partial charge on any atom is 0.350 e. The first kappa shape index (κ1) is 7.30. The quantitative estimate of drug-likeness (QED) is 0.451. The van der Waals surface area contributed by atoms with Gasteiger partial charge in [0.2, 0.25) is 0 Å². The molecule has 0 aromatic heterocycles. The molecule has 8 heavy (non-hydrogen) atoms. The van der Waals surface area contributed by atoms with Crippen molar-refractivity contribution in [3.63, 3.8) is 0 Å². The van der Waals surface area contributed by atoms with E-state index in [0.29, 0.717) is 0 Å². The Morgan fingerprint density at radius 2 is 2.38 bits per heavy atom. The average molecular weight is 137 g/mol. The van der Waals surface area contributed by atoms with Crippen molar-refractivity contribution >= 4 is 17.6 Å². The summed E-state index contributed by atoms with van der Waals surface area (Å²) in [5, 5.41) is 7.71. The van der Waals surface area contributed by atoms with Gasteiger partial charge in [-0.1, -0.05) is 11.6 Å². The molecule has 0 aromatic rings. The Balaban J connectivity index is 3.80. The van der Waals surface area contributed by atoms with E-state index in [1.165, 1.54) is 7.11 Å². The highest BCUT2D eigenvalue weighted by molar-refractivity contribution is 6.40. The van der Waals surface area contributed by atoms with Crippen LogP contribution < -0.4 is 0 Å². The number of carboxylic acids is 1. The fourth-order valence-corrected chi connectivity index (χ4v) is 0.243. The minimum atomic E-state index is -1.19. The van der Waals surface area contributed by atoms with Gasteiger partial charge in [0.05, 0.1) is 7.11 Å². The van der Waals surface area contributed by atoms with Crippen molar-refractivity contribution in [3.05, 3.63) is 11.3 Å². The molecule has 0 unspecified atom stereocenters. The minimum Gasteiger partial charge on any atom is -0.503 e. The maximum absolute atomic E-state index is 9.81. The van der Waals surface area contributed by atoms with Crippen molar-refractivity contribution in [2.75, 3.05) is 7.11 Å². The Labute approximate surface area is 51.5 Å². The second-order valence-corrected chi connectivity index (χ2v) is 1.41. The summed E-state index contributed by atoms with van der Waals surface area (Å²) in [5.74, 6) is -1.19. The van der Waals surface area contributed by atoms with Crippen molar-refractivity contribution in [1.29, 1.82) is 0 Å². The molecule has 0 radical (unpaired) electrons. The van der Waals surface area contributed by atoms with Crippen LogP contribution in [0.5, 0.6) is 0 Å². The highest BCUT2D eigenvalue weighted by Crippen LogP contribution is 1.98. The van der Waals surface area contributed by atoms with Gasteiger partial charge in [0.25, 0.3) is 0 Å². The second kappa shape index (κ2) is 3.32. The van der Waals surface area contributed by atoms with E-state index < -0.39 is 5.97 Å². The number of hydrogen-bond donors (Lipinski definition) is 1. The Kier molecular flexibility index (Phi) is 3.03. The minimum absolute atomic E-state index is 0.326. The lowest BCUT2D eigenvalue weighted by Crippen LogP contribution is -1.93. The zero-order chi connectivity index (χ0) is 6.57. The van der Waals surface area contributed by atoms with E-state index in [4.69, 9.17) is 16.7 Å². The number of hydrogen-bond acceptors (Lipinski definition) is 2. The SMILES string of the molecule is CO/C=C(/Cl)C(=O)O. The van der Waals surface area contributed by atoms with Crippen LogP contribution in [0.1, 0.15) is 0 Å². The second-order valence-electron chi connectivity index (χ2n) is 1.01. The molecule has 0 atom stereocenters. The van der Waals surface area contributed by atoms with E-state index in [1.54, 1.807) is 0 Å². The van der Waals surface area contributed by atoms with Gasteiger partial charge in [-0.2, -0.15) is 0 Å². The van der Waals surface area contributed by atoms with Crippen LogP contribution in [0, 0.1) is 0 Å². The molecule has 0 saturated carbocycles. The Bertz CT molecular complexity index is 118. The molecular weight excluding hydrogens is 131 g/mol. The third kappa shape index (κ3) is 2.47. The van der Waals surface area contributed by atoms with Gasteiger partial charge in [-0.25, -0.2) is 4.79 Å². The largest absolute Gasteiger partial charge is 0.503 e. The Morgan fingerprint density at radius 1 is 1.88 bits per heavy atom. The van der Waals surface area contributed by atoms with Crippen LogP contribution in [0.25, 0.3) is 0 Å².